The molecular weight excluding hydrogens is 403 g/mol. The summed E-state index contributed by atoms with van der Waals surface area (Å²) in [6.45, 7) is -1.44. The summed E-state index contributed by atoms with van der Waals surface area (Å²) in [6, 6.07) is 4.71. The van der Waals surface area contributed by atoms with Crippen molar-refractivity contribution in [3.8, 4) is 5.75 Å². The number of benzene rings is 1. The number of ether oxygens (including phenoxy) is 3. The number of methoxy groups -OCH3 is 1. The Morgan fingerprint density at radius 3 is 2.14 bits per heavy atom. The molecule has 12 heteroatoms. The van der Waals surface area contributed by atoms with Gasteiger partial charge in [0, 0.05) is 0 Å². The first-order chi connectivity index (χ1) is 13.1. The minimum absolute atomic E-state index is 0. The maximum atomic E-state index is 12.1. The molecule has 4 N–H and O–H groups in total. The predicted octanol–water partition coefficient (Wildman–Crippen LogP) is -1.99. The van der Waals surface area contributed by atoms with Crippen LogP contribution in [-0.4, -0.2) is 106 Å². The fourth-order valence-corrected chi connectivity index (χ4v) is 1.91. The van der Waals surface area contributed by atoms with Crippen LogP contribution in [-0.2, 0) is 28.6 Å². The number of aliphatic hydroxyl groups excluding tert-OH is 2. The molecule has 29 heavy (non-hydrogen) atoms. The summed E-state index contributed by atoms with van der Waals surface area (Å²) in [6.07, 6.45) is -3.55. The van der Waals surface area contributed by atoms with Crippen LogP contribution in [0.2, 0.25) is 0 Å². The van der Waals surface area contributed by atoms with Crippen LogP contribution in [0, 0.1) is 0 Å². The van der Waals surface area contributed by atoms with Crippen LogP contribution in [0.25, 0.3) is 0 Å². The fourth-order valence-electron chi connectivity index (χ4n) is 1.91. The van der Waals surface area contributed by atoms with E-state index in [0.29, 0.717) is 0 Å². The molecule has 0 aliphatic rings. The third-order valence-electron chi connectivity index (χ3n) is 3.41. The molecule has 0 fully saturated rings. The van der Waals surface area contributed by atoms with E-state index in [1.165, 1.54) is 24.3 Å². The Morgan fingerprint density at radius 1 is 1.07 bits per heavy atom. The van der Waals surface area contributed by atoms with Gasteiger partial charge < -0.3 is 34.6 Å². The van der Waals surface area contributed by atoms with E-state index >= 15 is 0 Å². The zero-order valence-electron chi connectivity index (χ0n) is 14.9. The Kier molecular flexibility index (Phi) is 11.7. The molecule has 1 aromatic rings. The number of phenolic OH excluding ortho intramolecular Hbond substituents is 1. The van der Waals surface area contributed by atoms with E-state index in [-0.39, 0.29) is 40.9 Å². The molecular formula is C17H21NaO11. The maximum absolute atomic E-state index is 12.1. The molecule has 0 bridgehead atoms. The summed E-state index contributed by atoms with van der Waals surface area (Å²) in [5.74, 6) is -5.10. The molecule has 0 aliphatic heterocycles. The number of carbonyl (C=O) groups is 4. The van der Waals surface area contributed by atoms with Gasteiger partial charge in [0.15, 0.2) is 5.60 Å². The van der Waals surface area contributed by atoms with Gasteiger partial charge in [-0.15, -0.1) is 0 Å². The van der Waals surface area contributed by atoms with E-state index < -0.39 is 61.6 Å². The van der Waals surface area contributed by atoms with Gasteiger partial charge >= 0.3 is 53.4 Å². The second-order valence-electron chi connectivity index (χ2n) is 5.70. The number of esters is 4. The van der Waals surface area contributed by atoms with Gasteiger partial charge in [0.05, 0.1) is 32.1 Å². The fraction of sp³-hybridized carbons (Fsp3) is 0.412. The molecule has 0 spiro atoms. The van der Waals surface area contributed by atoms with E-state index in [2.05, 4.69) is 14.2 Å². The van der Waals surface area contributed by atoms with Gasteiger partial charge in [-0.05, 0) is 24.3 Å². The van der Waals surface area contributed by atoms with Crippen LogP contribution in [0.15, 0.2) is 24.3 Å². The molecule has 0 heterocycles. The van der Waals surface area contributed by atoms with Crippen molar-refractivity contribution in [2.75, 3.05) is 20.3 Å². The molecule has 0 saturated carbocycles. The van der Waals surface area contributed by atoms with Crippen molar-refractivity contribution in [2.24, 2.45) is 0 Å². The Hall–Kier alpha value is -2.02. The Balaban J connectivity index is 0.00000784. The van der Waals surface area contributed by atoms with Gasteiger partial charge in [0.1, 0.15) is 18.5 Å². The van der Waals surface area contributed by atoms with Crippen LogP contribution >= 0.6 is 0 Å². The molecule has 0 aliphatic carbocycles. The van der Waals surface area contributed by atoms with Crippen molar-refractivity contribution < 1.29 is 53.8 Å². The van der Waals surface area contributed by atoms with Crippen molar-refractivity contribution in [1.82, 2.24) is 0 Å². The summed E-state index contributed by atoms with van der Waals surface area (Å²) in [7, 11) is 0.982. The Labute approximate surface area is 187 Å². The molecule has 0 aromatic heterocycles. The van der Waals surface area contributed by atoms with Gasteiger partial charge in [-0.1, -0.05) is 0 Å². The van der Waals surface area contributed by atoms with Crippen molar-refractivity contribution >= 4 is 53.4 Å². The molecule has 1 aromatic carbocycles. The van der Waals surface area contributed by atoms with Gasteiger partial charge in [-0.2, -0.15) is 0 Å². The third kappa shape index (κ3) is 8.90. The molecule has 0 amide bonds. The van der Waals surface area contributed by atoms with Gasteiger partial charge in [0.2, 0.25) is 0 Å². The SMILES string of the molecule is COC(=O)CC(O)(CC(=O)OC(=O)c1ccc(O)cc1)C(=O)OCC(O)CO.[NaH]. The van der Waals surface area contributed by atoms with Crippen molar-refractivity contribution in [1.29, 1.82) is 0 Å². The summed E-state index contributed by atoms with van der Waals surface area (Å²) in [4.78, 5) is 47.4. The molecule has 0 radical (unpaired) electrons. The van der Waals surface area contributed by atoms with E-state index in [4.69, 9.17) is 10.2 Å². The molecule has 2 atom stereocenters. The van der Waals surface area contributed by atoms with Crippen LogP contribution in [0.1, 0.15) is 23.2 Å². The monoisotopic (exact) mass is 424 g/mol. The van der Waals surface area contributed by atoms with Gasteiger partial charge in [-0.25, -0.2) is 9.59 Å². The molecule has 0 saturated heterocycles. The average molecular weight is 424 g/mol. The second-order valence-corrected chi connectivity index (χ2v) is 5.70. The summed E-state index contributed by atoms with van der Waals surface area (Å²) >= 11 is 0. The summed E-state index contributed by atoms with van der Waals surface area (Å²) < 4.78 is 13.4. The second kappa shape index (κ2) is 12.5. The quantitative estimate of drug-likeness (QED) is 0.149. The van der Waals surface area contributed by atoms with Gasteiger partial charge in [0.25, 0.3) is 0 Å². The Morgan fingerprint density at radius 2 is 1.62 bits per heavy atom. The normalized spacial score (nSPS) is 13.2. The molecule has 11 nitrogen and oxygen atoms in total. The average Bonchev–Trinajstić information content (AvgIpc) is 2.65. The van der Waals surface area contributed by atoms with Crippen molar-refractivity contribution in [3.63, 3.8) is 0 Å². The summed E-state index contributed by atoms with van der Waals surface area (Å²) in [5, 5.41) is 37.5. The number of aromatic hydroxyl groups is 1. The van der Waals surface area contributed by atoms with E-state index in [1.807, 2.05) is 0 Å². The first-order valence-electron chi connectivity index (χ1n) is 7.90. The predicted molar refractivity (Wildman–Crippen MR) is 95.9 cm³/mol. The Bertz CT molecular complexity index is 719. The van der Waals surface area contributed by atoms with E-state index in [0.717, 1.165) is 7.11 Å². The first-order valence-corrected chi connectivity index (χ1v) is 7.90. The number of rotatable bonds is 9. The molecule has 2 unspecified atom stereocenters. The zero-order chi connectivity index (χ0) is 21.3. The standard InChI is InChI=1S/C17H20O11.Na.H/c1-26-13(21)6-17(25,16(24)27-9-12(20)8-18)7-14(22)28-15(23)10-2-4-11(19)5-3-10;;/h2-5,12,18-20,25H,6-9H2,1H3;;. The van der Waals surface area contributed by atoms with E-state index in [1.54, 1.807) is 0 Å². The van der Waals surface area contributed by atoms with Crippen LogP contribution in [0.3, 0.4) is 0 Å². The number of carbonyl (C=O) groups excluding carboxylic acids is 4. The number of hydrogen-bond donors (Lipinski definition) is 4. The number of hydrogen-bond acceptors (Lipinski definition) is 11. The third-order valence-corrected chi connectivity index (χ3v) is 3.41. The molecule has 1 rings (SSSR count). The van der Waals surface area contributed by atoms with E-state index in [9.17, 15) is 29.4 Å². The topological polar surface area (TPSA) is 177 Å². The summed E-state index contributed by atoms with van der Waals surface area (Å²) in [5.41, 5.74) is -2.81. The number of phenols is 1. The van der Waals surface area contributed by atoms with Crippen molar-refractivity contribution in [3.05, 3.63) is 29.8 Å². The zero-order valence-corrected chi connectivity index (χ0v) is 14.9. The molecule has 156 valence electrons. The van der Waals surface area contributed by atoms with Crippen LogP contribution in [0.4, 0.5) is 0 Å². The van der Waals surface area contributed by atoms with Crippen LogP contribution in [0.5, 0.6) is 5.75 Å². The van der Waals surface area contributed by atoms with Crippen molar-refractivity contribution in [2.45, 2.75) is 24.5 Å². The number of aliphatic hydroxyl groups is 3. The first kappa shape index (κ1) is 27.0. The minimum atomic E-state index is -2.73. The van der Waals surface area contributed by atoms with Gasteiger partial charge in [-0.3, -0.25) is 9.59 Å². The van der Waals surface area contributed by atoms with Crippen LogP contribution < -0.4 is 0 Å².